The van der Waals surface area contributed by atoms with Gasteiger partial charge in [0, 0.05) is 51.1 Å². The quantitative estimate of drug-likeness (QED) is 0.788. The predicted octanol–water partition coefficient (Wildman–Crippen LogP) is 3.01. The third-order valence-electron chi connectivity index (χ3n) is 4.42. The van der Waals surface area contributed by atoms with Gasteiger partial charge in [-0.1, -0.05) is 12.1 Å². The third-order valence-corrected chi connectivity index (χ3v) is 5.45. The lowest BCUT2D eigenvalue weighted by Gasteiger charge is -2.28. The molecule has 0 aliphatic carbocycles. The summed E-state index contributed by atoms with van der Waals surface area (Å²) in [6, 6.07) is 6.62. The number of hydrogen-bond acceptors (Lipinski definition) is 5. The predicted molar refractivity (Wildman–Crippen MR) is 105 cm³/mol. The Morgan fingerprint density at radius 3 is 2.27 bits per heavy atom. The largest absolute Gasteiger partial charge is 0.417 e. The minimum Gasteiger partial charge on any atom is -0.417 e. The molecular weight excluding hydrogens is 347 g/mol. The van der Waals surface area contributed by atoms with Crippen LogP contribution in [0.15, 0.2) is 36.7 Å². The molecule has 0 radical (unpaired) electrons. The number of benzene rings is 1. The van der Waals surface area contributed by atoms with E-state index in [1.54, 1.807) is 0 Å². The fraction of sp³-hybridized carbons (Fsp3) is 0.474. The first kappa shape index (κ1) is 18.9. The summed E-state index contributed by atoms with van der Waals surface area (Å²) in [5, 5.41) is 3.33. The minimum atomic E-state index is -1.66. The van der Waals surface area contributed by atoms with Gasteiger partial charge in [-0.2, -0.15) is 0 Å². The van der Waals surface area contributed by atoms with Crippen LogP contribution in [0.5, 0.6) is 0 Å². The van der Waals surface area contributed by atoms with Crippen molar-refractivity contribution in [2.75, 3.05) is 37.7 Å². The monoisotopic (exact) mass is 374 g/mol. The van der Waals surface area contributed by atoms with Gasteiger partial charge in [-0.05, 0) is 42.9 Å². The van der Waals surface area contributed by atoms with Crippen molar-refractivity contribution < 1.29 is 8.82 Å². The lowest BCUT2D eigenvalue weighted by molar-refractivity contribution is 0.296. The number of halogens is 1. The van der Waals surface area contributed by atoms with E-state index in [2.05, 4.69) is 39.8 Å². The first-order valence-corrected chi connectivity index (χ1v) is 12.5. The number of rotatable bonds is 6. The molecule has 5 nitrogen and oxygen atoms in total. The molecule has 1 unspecified atom stereocenters. The van der Waals surface area contributed by atoms with Crippen LogP contribution in [-0.2, 0) is 4.43 Å². The Hall–Kier alpha value is -1.83. The third kappa shape index (κ3) is 5.09. The minimum absolute atomic E-state index is 0.000558. The maximum Gasteiger partial charge on any atom is 0.225 e. The Bertz CT molecular complexity index is 697. The van der Waals surface area contributed by atoms with Gasteiger partial charge in [0.15, 0.2) is 8.32 Å². The maximum atomic E-state index is 13.3. The van der Waals surface area contributed by atoms with Gasteiger partial charge in [-0.25, -0.2) is 14.4 Å². The van der Waals surface area contributed by atoms with Crippen molar-refractivity contribution in [1.29, 1.82) is 0 Å². The van der Waals surface area contributed by atoms with Crippen LogP contribution in [0.3, 0.4) is 0 Å². The molecule has 1 aromatic carbocycles. The first-order valence-electron chi connectivity index (χ1n) is 9.09. The van der Waals surface area contributed by atoms with Crippen LogP contribution in [0.1, 0.15) is 17.0 Å². The molecule has 0 amide bonds. The van der Waals surface area contributed by atoms with Crippen molar-refractivity contribution >= 4 is 14.3 Å². The van der Waals surface area contributed by atoms with E-state index in [0.717, 1.165) is 43.3 Å². The number of nitrogens with one attached hydrogen (secondary N) is 1. The summed E-state index contributed by atoms with van der Waals surface area (Å²) in [7, 11) is -1.66. The SMILES string of the molecule is C[Si](C)(C)OCC(c1ccc(F)cc1)c1cnc(N2CCNCC2)nc1. The Balaban J connectivity index is 1.82. The Morgan fingerprint density at radius 1 is 1.08 bits per heavy atom. The Morgan fingerprint density at radius 2 is 1.69 bits per heavy atom. The summed E-state index contributed by atoms with van der Waals surface area (Å²) in [6.45, 7) is 10.8. The molecule has 1 N–H and O–H groups in total. The zero-order valence-electron chi connectivity index (χ0n) is 15.7. The van der Waals surface area contributed by atoms with E-state index in [-0.39, 0.29) is 11.7 Å². The summed E-state index contributed by atoms with van der Waals surface area (Å²) in [4.78, 5) is 11.3. The first-order chi connectivity index (χ1) is 12.4. The van der Waals surface area contributed by atoms with Crippen LogP contribution in [0.4, 0.5) is 10.3 Å². The molecule has 2 aromatic rings. The zero-order chi connectivity index (χ0) is 18.6. The topological polar surface area (TPSA) is 50.3 Å². The van der Waals surface area contributed by atoms with E-state index < -0.39 is 8.32 Å². The van der Waals surface area contributed by atoms with E-state index in [0.29, 0.717) is 6.61 Å². The molecule has 1 aliphatic heterocycles. The molecule has 26 heavy (non-hydrogen) atoms. The van der Waals surface area contributed by atoms with Gasteiger partial charge in [0.05, 0.1) is 0 Å². The molecule has 1 aromatic heterocycles. The highest BCUT2D eigenvalue weighted by Crippen LogP contribution is 2.26. The second-order valence-electron chi connectivity index (χ2n) is 7.58. The zero-order valence-corrected chi connectivity index (χ0v) is 16.7. The van der Waals surface area contributed by atoms with E-state index in [4.69, 9.17) is 4.43 Å². The second kappa shape index (κ2) is 8.24. The van der Waals surface area contributed by atoms with E-state index in [9.17, 15) is 4.39 Å². The highest BCUT2D eigenvalue weighted by atomic mass is 28.4. The molecular formula is C19H27FN4OSi. The molecule has 0 saturated carbocycles. The molecule has 3 rings (SSSR count). The van der Waals surface area contributed by atoms with Gasteiger partial charge in [-0.3, -0.25) is 0 Å². The normalized spacial score (nSPS) is 16.5. The average molecular weight is 375 g/mol. The molecule has 0 bridgehead atoms. The van der Waals surface area contributed by atoms with E-state index >= 15 is 0 Å². The van der Waals surface area contributed by atoms with Gasteiger partial charge < -0.3 is 14.6 Å². The highest BCUT2D eigenvalue weighted by Gasteiger charge is 2.22. The summed E-state index contributed by atoms with van der Waals surface area (Å²) in [5.74, 6) is 0.530. The molecule has 0 spiro atoms. The van der Waals surface area contributed by atoms with Crippen molar-refractivity contribution in [1.82, 2.24) is 15.3 Å². The fourth-order valence-corrected chi connectivity index (χ4v) is 3.62. The number of anilines is 1. The molecule has 7 heteroatoms. The smallest absolute Gasteiger partial charge is 0.225 e. The van der Waals surface area contributed by atoms with Crippen molar-refractivity contribution in [2.24, 2.45) is 0 Å². The Kier molecular flexibility index (Phi) is 6.00. The molecule has 1 atom stereocenters. The van der Waals surface area contributed by atoms with E-state index in [1.807, 2.05) is 24.5 Å². The fourth-order valence-electron chi connectivity index (χ4n) is 2.95. The van der Waals surface area contributed by atoms with E-state index in [1.165, 1.54) is 12.1 Å². The van der Waals surface area contributed by atoms with Gasteiger partial charge in [0.1, 0.15) is 5.82 Å². The number of aromatic nitrogens is 2. The number of piperazine rings is 1. The maximum absolute atomic E-state index is 13.3. The van der Waals surface area contributed by atoms with Gasteiger partial charge >= 0.3 is 0 Å². The average Bonchev–Trinajstić information content (AvgIpc) is 2.64. The van der Waals surface area contributed by atoms with Crippen LogP contribution in [0.2, 0.25) is 19.6 Å². The lowest BCUT2D eigenvalue weighted by Crippen LogP contribution is -2.44. The van der Waals surface area contributed by atoms with Crippen molar-refractivity contribution in [3.63, 3.8) is 0 Å². The van der Waals surface area contributed by atoms with Crippen LogP contribution in [0, 0.1) is 5.82 Å². The molecule has 1 saturated heterocycles. The van der Waals surface area contributed by atoms with Crippen molar-refractivity contribution in [3.8, 4) is 0 Å². The standard InChI is InChI=1S/C19H27FN4OSi/c1-26(2,3)25-14-18(15-4-6-17(20)7-5-15)16-12-22-19(23-13-16)24-10-8-21-9-11-24/h4-7,12-13,18,21H,8-11,14H2,1-3H3. The summed E-state index contributed by atoms with van der Waals surface area (Å²) in [5.41, 5.74) is 2.01. The van der Waals surface area contributed by atoms with Crippen LogP contribution in [0.25, 0.3) is 0 Å². The van der Waals surface area contributed by atoms with Crippen LogP contribution >= 0.6 is 0 Å². The molecule has 1 aliphatic rings. The molecule has 1 fully saturated rings. The highest BCUT2D eigenvalue weighted by molar-refractivity contribution is 6.69. The van der Waals surface area contributed by atoms with Crippen molar-refractivity contribution in [2.45, 2.75) is 25.6 Å². The van der Waals surface area contributed by atoms with Gasteiger partial charge in [0.2, 0.25) is 5.95 Å². The van der Waals surface area contributed by atoms with Gasteiger partial charge in [0.25, 0.3) is 0 Å². The second-order valence-corrected chi connectivity index (χ2v) is 12.1. The van der Waals surface area contributed by atoms with Crippen LogP contribution < -0.4 is 10.2 Å². The lowest BCUT2D eigenvalue weighted by atomic mass is 9.94. The number of nitrogens with zero attached hydrogens (tertiary/aromatic N) is 3. The summed E-state index contributed by atoms with van der Waals surface area (Å²) < 4.78 is 19.5. The number of hydrogen-bond donors (Lipinski definition) is 1. The van der Waals surface area contributed by atoms with Gasteiger partial charge in [-0.15, -0.1) is 0 Å². The summed E-state index contributed by atoms with van der Waals surface area (Å²) in [6.07, 6.45) is 3.76. The van der Waals surface area contributed by atoms with Crippen molar-refractivity contribution in [3.05, 3.63) is 53.6 Å². The van der Waals surface area contributed by atoms with Crippen LogP contribution in [-0.4, -0.2) is 51.1 Å². The molecule has 2 heterocycles. The summed E-state index contributed by atoms with van der Waals surface area (Å²) >= 11 is 0. The Labute approximate surface area is 155 Å². The molecule has 140 valence electrons.